The van der Waals surface area contributed by atoms with Gasteiger partial charge in [0, 0.05) is 12.6 Å². The van der Waals surface area contributed by atoms with Crippen LogP contribution in [0, 0.1) is 0 Å². The third kappa shape index (κ3) is 7.09. The van der Waals surface area contributed by atoms with Crippen LogP contribution in [0.5, 0.6) is 5.75 Å². The van der Waals surface area contributed by atoms with Gasteiger partial charge in [0.15, 0.2) is 6.61 Å². The lowest BCUT2D eigenvalue weighted by atomic mass is 9.86. The number of hydrogen-bond acceptors (Lipinski definition) is 3. The fourth-order valence-electron chi connectivity index (χ4n) is 4.68. The van der Waals surface area contributed by atoms with E-state index in [0.29, 0.717) is 18.7 Å². The van der Waals surface area contributed by atoms with Gasteiger partial charge >= 0.3 is 0 Å². The molecule has 2 aromatic rings. The molecule has 1 aliphatic rings. The molecule has 1 saturated carbocycles. The highest BCUT2D eigenvalue weighted by molar-refractivity contribution is 5.88. The van der Waals surface area contributed by atoms with E-state index in [1.54, 1.807) is 4.90 Å². The number of nitrogens with zero attached hydrogens (tertiary/aromatic N) is 1. The summed E-state index contributed by atoms with van der Waals surface area (Å²) >= 11 is 0. The van der Waals surface area contributed by atoms with Gasteiger partial charge in [-0.25, -0.2) is 0 Å². The van der Waals surface area contributed by atoms with Gasteiger partial charge < -0.3 is 15.0 Å². The van der Waals surface area contributed by atoms with Crippen molar-refractivity contribution in [2.45, 2.75) is 90.3 Å². The van der Waals surface area contributed by atoms with Crippen molar-refractivity contribution < 1.29 is 14.3 Å². The predicted molar refractivity (Wildman–Crippen MR) is 137 cm³/mol. The van der Waals surface area contributed by atoms with Crippen LogP contribution < -0.4 is 10.1 Å². The SMILES string of the molecule is CC[C@@H](C(=O)NC1CCCCC1)N(Cc1ccccc1)C(=O)COc1ccccc1C(C)(C)C. The fourth-order valence-corrected chi connectivity index (χ4v) is 4.68. The second kappa shape index (κ2) is 12.0. The van der Waals surface area contributed by atoms with Crippen molar-refractivity contribution in [1.82, 2.24) is 10.2 Å². The van der Waals surface area contributed by atoms with E-state index in [9.17, 15) is 9.59 Å². The zero-order chi connectivity index (χ0) is 24.6. The topological polar surface area (TPSA) is 58.6 Å². The smallest absolute Gasteiger partial charge is 0.261 e. The molecule has 1 fully saturated rings. The first kappa shape index (κ1) is 25.8. The predicted octanol–water partition coefficient (Wildman–Crippen LogP) is 5.62. The van der Waals surface area contributed by atoms with Crippen molar-refractivity contribution in [3.8, 4) is 5.75 Å². The average Bonchev–Trinajstić information content (AvgIpc) is 2.83. The number of carbonyl (C=O) groups is 2. The zero-order valence-electron chi connectivity index (χ0n) is 21.2. The first-order valence-corrected chi connectivity index (χ1v) is 12.7. The summed E-state index contributed by atoms with van der Waals surface area (Å²) < 4.78 is 6.05. The van der Waals surface area contributed by atoms with E-state index in [2.05, 4.69) is 26.1 Å². The molecule has 0 saturated heterocycles. The number of benzene rings is 2. The summed E-state index contributed by atoms with van der Waals surface area (Å²) in [6.07, 6.45) is 6.11. The summed E-state index contributed by atoms with van der Waals surface area (Å²) in [5, 5.41) is 3.22. The largest absolute Gasteiger partial charge is 0.483 e. The van der Waals surface area contributed by atoms with E-state index in [4.69, 9.17) is 4.74 Å². The minimum absolute atomic E-state index is 0.0613. The van der Waals surface area contributed by atoms with E-state index in [0.717, 1.165) is 36.8 Å². The van der Waals surface area contributed by atoms with Crippen LogP contribution in [0.15, 0.2) is 54.6 Å². The van der Waals surface area contributed by atoms with Gasteiger partial charge in [0.2, 0.25) is 5.91 Å². The average molecular weight is 465 g/mol. The number of carbonyl (C=O) groups excluding carboxylic acids is 2. The van der Waals surface area contributed by atoms with E-state index in [-0.39, 0.29) is 29.9 Å². The number of amides is 2. The lowest BCUT2D eigenvalue weighted by molar-refractivity contribution is -0.143. The molecule has 0 unspecified atom stereocenters. The number of nitrogens with one attached hydrogen (secondary N) is 1. The molecule has 5 nitrogen and oxygen atoms in total. The Balaban J connectivity index is 1.77. The Bertz CT molecular complexity index is 930. The van der Waals surface area contributed by atoms with Gasteiger partial charge in [-0.1, -0.05) is 95.5 Å². The summed E-state index contributed by atoms with van der Waals surface area (Å²) in [6.45, 7) is 8.62. The van der Waals surface area contributed by atoms with Crippen molar-refractivity contribution in [1.29, 1.82) is 0 Å². The van der Waals surface area contributed by atoms with Crippen molar-refractivity contribution in [3.05, 3.63) is 65.7 Å². The summed E-state index contributed by atoms with van der Waals surface area (Å²) in [5.74, 6) is 0.467. The van der Waals surface area contributed by atoms with Crippen molar-refractivity contribution in [2.24, 2.45) is 0 Å². The third-order valence-electron chi connectivity index (χ3n) is 6.58. The molecular formula is C29H40N2O3. The van der Waals surface area contributed by atoms with Crippen molar-refractivity contribution in [3.63, 3.8) is 0 Å². The van der Waals surface area contributed by atoms with Gasteiger partial charge in [-0.3, -0.25) is 9.59 Å². The molecule has 3 rings (SSSR count). The second-order valence-electron chi connectivity index (χ2n) is 10.3. The molecule has 0 bridgehead atoms. The molecule has 0 aliphatic heterocycles. The second-order valence-corrected chi connectivity index (χ2v) is 10.3. The van der Waals surface area contributed by atoms with Gasteiger partial charge in [0.25, 0.3) is 5.91 Å². The Kier molecular flexibility index (Phi) is 9.14. The van der Waals surface area contributed by atoms with E-state index < -0.39 is 6.04 Å². The van der Waals surface area contributed by atoms with E-state index in [1.165, 1.54) is 6.42 Å². The van der Waals surface area contributed by atoms with Crippen LogP contribution in [-0.2, 0) is 21.5 Å². The molecule has 0 spiro atoms. The van der Waals surface area contributed by atoms with Crippen LogP contribution >= 0.6 is 0 Å². The molecule has 2 amide bonds. The Morgan fingerprint density at radius 2 is 1.65 bits per heavy atom. The quantitative estimate of drug-likeness (QED) is 0.524. The van der Waals surface area contributed by atoms with Crippen LogP contribution in [0.4, 0.5) is 0 Å². The highest BCUT2D eigenvalue weighted by Crippen LogP contribution is 2.31. The summed E-state index contributed by atoms with van der Waals surface area (Å²) in [6, 6.07) is 17.4. The molecule has 0 heterocycles. The molecule has 2 aromatic carbocycles. The lowest BCUT2D eigenvalue weighted by Gasteiger charge is -2.33. The molecule has 5 heteroatoms. The normalized spacial score (nSPS) is 15.4. The molecular weight excluding hydrogens is 424 g/mol. The lowest BCUT2D eigenvalue weighted by Crippen LogP contribution is -2.52. The first-order valence-electron chi connectivity index (χ1n) is 12.7. The maximum Gasteiger partial charge on any atom is 0.261 e. The summed E-state index contributed by atoms with van der Waals surface area (Å²) in [4.78, 5) is 28.5. The van der Waals surface area contributed by atoms with Gasteiger partial charge in [-0.2, -0.15) is 0 Å². The molecule has 1 N–H and O–H groups in total. The minimum Gasteiger partial charge on any atom is -0.483 e. The maximum absolute atomic E-state index is 13.5. The number of rotatable bonds is 9. The molecule has 0 radical (unpaired) electrons. The van der Waals surface area contributed by atoms with E-state index >= 15 is 0 Å². The van der Waals surface area contributed by atoms with Crippen LogP contribution in [0.2, 0.25) is 0 Å². The van der Waals surface area contributed by atoms with Gasteiger partial charge in [-0.05, 0) is 41.9 Å². The molecule has 34 heavy (non-hydrogen) atoms. The first-order chi connectivity index (χ1) is 16.3. The van der Waals surface area contributed by atoms with Gasteiger partial charge in [-0.15, -0.1) is 0 Å². The van der Waals surface area contributed by atoms with Crippen molar-refractivity contribution in [2.75, 3.05) is 6.61 Å². The molecule has 0 aromatic heterocycles. The Morgan fingerprint density at radius 3 is 2.29 bits per heavy atom. The number of ether oxygens (including phenoxy) is 1. The molecule has 1 atom stereocenters. The Morgan fingerprint density at radius 1 is 1.00 bits per heavy atom. The van der Waals surface area contributed by atoms with Crippen LogP contribution in [0.1, 0.15) is 77.3 Å². The number of hydrogen-bond donors (Lipinski definition) is 1. The minimum atomic E-state index is -0.531. The molecule has 184 valence electrons. The maximum atomic E-state index is 13.5. The standard InChI is InChI=1S/C29H40N2O3/c1-5-25(28(33)30-23-16-10-7-11-17-23)31(20-22-14-8-6-9-15-22)27(32)21-34-26-19-13-12-18-24(26)29(2,3)4/h6,8-9,12-15,18-19,23,25H,5,7,10-11,16-17,20-21H2,1-4H3,(H,30,33)/t25-/m0/s1. The van der Waals surface area contributed by atoms with Crippen LogP contribution in [0.25, 0.3) is 0 Å². The highest BCUT2D eigenvalue weighted by atomic mass is 16.5. The fraction of sp³-hybridized carbons (Fsp3) is 0.517. The Hall–Kier alpha value is -2.82. The monoisotopic (exact) mass is 464 g/mol. The molecule has 1 aliphatic carbocycles. The zero-order valence-corrected chi connectivity index (χ0v) is 21.2. The highest BCUT2D eigenvalue weighted by Gasteiger charge is 2.31. The Labute approximate surface area is 204 Å². The van der Waals surface area contributed by atoms with Crippen molar-refractivity contribution >= 4 is 11.8 Å². The van der Waals surface area contributed by atoms with Gasteiger partial charge in [0.1, 0.15) is 11.8 Å². The number of para-hydroxylation sites is 1. The summed E-state index contributed by atoms with van der Waals surface area (Å²) in [7, 11) is 0. The van der Waals surface area contributed by atoms with Crippen LogP contribution in [-0.4, -0.2) is 35.4 Å². The summed E-state index contributed by atoms with van der Waals surface area (Å²) in [5.41, 5.74) is 1.95. The van der Waals surface area contributed by atoms with Crippen LogP contribution in [0.3, 0.4) is 0 Å². The third-order valence-corrected chi connectivity index (χ3v) is 6.58. The van der Waals surface area contributed by atoms with Gasteiger partial charge in [0.05, 0.1) is 0 Å². The van der Waals surface area contributed by atoms with E-state index in [1.807, 2.05) is 61.5 Å².